The van der Waals surface area contributed by atoms with Gasteiger partial charge in [-0.2, -0.15) is 5.10 Å². The normalized spacial score (nSPS) is 12.1. The number of aromatic nitrogens is 2. The average molecular weight is 170 g/mol. The minimum absolute atomic E-state index is 0.170. The van der Waals surface area contributed by atoms with E-state index < -0.39 is 0 Å². The van der Waals surface area contributed by atoms with Crippen molar-refractivity contribution in [2.45, 2.75) is 39.7 Å². The Hall–Kier alpha value is -0.860. The molecule has 1 aromatic heterocycles. The Morgan fingerprint density at radius 1 is 1.50 bits per heavy atom. The fourth-order valence-corrected chi connectivity index (χ4v) is 1.35. The maximum Gasteiger partial charge on any atom is 0.164 e. The van der Waals surface area contributed by atoms with Crippen molar-refractivity contribution in [3.05, 3.63) is 17.7 Å². The maximum atomic E-state index is 13.2. The van der Waals surface area contributed by atoms with Crippen LogP contribution in [0.1, 0.15) is 33.4 Å². The van der Waals surface area contributed by atoms with Gasteiger partial charge in [-0.3, -0.25) is 4.68 Å². The van der Waals surface area contributed by atoms with Crippen molar-refractivity contribution in [2.75, 3.05) is 0 Å². The van der Waals surface area contributed by atoms with E-state index in [9.17, 15) is 4.39 Å². The molecule has 0 saturated heterocycles. The van der Waals surface area contributed by atoms with Crippen LogP contribution in [0.4, 0.5) is 4.39 Å². The topological polar surface area (TPSA) is 17.8 Å². The van der Waals surface area contributed by atoms with E-state index in [1.807, 2.05) is 27.7 Å². The first-order valence-corrected chi connectivity index (χ1v) is 4.18. The van der Waals surface area contributed by atoms with Crippen molar-refractivity contribution in [1.82, 2.24) is 9.78 Å². The maximum absolute atomic E-state index is 13.2. The molecule has 0 bridgehead atoms. The Kier molecular flexibility index (Phi) is 2.22. The number of aryl methyl sites for hydroxylation is 1. The molecule has 0 fully saturated rings. The van der Waals surface area contributed by atoms with Gasteiger partial charge in [0.1, 0.15) is 0 Å². The van der Waals surface area contributed by atoms with Crippen LogP contribution in [-0.2, 0) is 12.0 Å². The van der Waals surface area contributed by atoms with Gasteiger partial charge >= 0.3 is 0 Å². The van der Waals surface area contributed by atoms with Crippen molar-refractivity contribution in [3.8, 4) is 0 Å². The lowest BCUT2D eigenvalue weighted by Crippen LogP contribution is -2.19. The molecule has 0 atom stereocenters. The third-order valence-electron chi connectivity index (χ3n) is 1.80. The first-order valence-electron chi connectivity index (χ1n) is 4.18. The van der Waals surface area contributed by atoms with Gasteiger partial charge < -0.3 is 0 Å². The molecule has 0 aliphatic heterocycles. The largest absolute Gasteiger partial charge is 0.266 e. The van der Waals surface area contributed by atoms with Crippen molar-refractivity contribution in [1.29, 1.82) is 0 Å². The van der Waals surface area contributed by atoms with Gasteiger partial charge in [0.25, 0.3) is 0 Å². The van der Waals surface area contributed by atoms with Gasteiger partial charge in [-0.05, 0) is 6.92 Å². The van der Waals surface area contributed by atoms with Gasteiger partial charge in [0.05, 0.1) is 11.9 Å². The third kappa shape index (κ3) is 1.49. The lowest BCUT2D eigenvalue weighted by molar-refractivity contribution is 0.465. The highest BCUT2D eigenvalue weighted by molar-refractivity contribution is 5.14. The lowest BCUT2D eigenvalue weighted by Gasteiger charge is -2.19. The summed E-state index contributed by atoms with van der Waals surface area (Å²) in [5.74, 6) is -0.204. The Labute approximate surface area is 72.4 Å². The third-order valence-corrected chi connectivity index (χ3v) is 1.80. The SMILES string of the molecule is CCn1ncc(F)c1C(C)(C)C. The summed E-state index contributed by atoms with van der Waals surface area (Å²) in [6.07, 6.45) is 1.28. The molecule has 0 aliphatic carbocycles. The minimum Gasteiger partial charge on any atom is -0.266 e. The number of hydrogen-bond donors (Lipinski definition) is 0. The molecule has 0 saturated carbocycles. The van der Waals surface area contributed by atoms with E-state index in [-0.39, 0.29) is 11.2 Å². The zero-order valence-electron chi connectivity index (χ0n) is 8.06. The Morgan fingerprint density at radius 2 is 2.08 bits per heavy atom. The van der Waals surface area contributed by atoms with Crippen LogP contribution in [0, 0.1) is 5.82 Å². The first kappa shape index (κ1) is 9.23. The van der Waals surface area contributed by atoms with Gasteiger partial charge in [0.15, 0.2) is 5.82 Å². The smallest absolute Gasteiger partial charge is 0.164 e. The van der Waals surface area contributed by atoms with Crippen LogP contribution >= 0.6 is 0 Å². The predicted molar refractivity (Wildman–Crippen MR) is 46.6 cm³/mol. The van der Waals surface area contributed by atoms with E-state index in [2.05, 4.69) is 5.10 Å². The van der Waals surface area contributed by atoms with E-state index in [1.54, 1.807) is 4.68 Å². The summed E-state index contributed by atoms with van der Waals surface area (Å²) < 4.78 is 14.9. The van der Waals surface area contributed by atoms with Crippen LogP contribution < -0.4 is 0 Å². The van der Waals surface area contributed by atoms with Gasteiger partial charge in [-0.1, -0.05) is 20.8 Å². The molecular formula is C9H15FN2. The molecular weight excluding hydrogens is 155 g/mol. The van der Waals surface area contributed by atoms with E-state index in [0.29, 0.717) is 5.69 Å². The highest BCUT2D eigenvalue weighted by Gasteiger charge is 2.23. The number of halogens is 1. The molecule has 1 heterocycles. The summed E-state index contributed by atoms with van der Waals surface area (Å²) in [6, 6.07) is 0. The molecule has 0 amide bonds. The molecule has 1 rings (SSSR count). The molecule has 1 aromatic rings. The Morgan fingerprint density at radius 3 is 2.42 bits per heavy atom. The van der Waals surface area contributed by atoms with Crippen LogP contribution in [0.25, 0.3) is 0 Å². The summed E-state index contributed by atoms with van der Waals surface area (Å²) in [4.78, 5) is 0. The highest BCUT2D eigenvalue weighted by atomic mass is 19.1. The molecule has 68 valence electrons. The molecule has 0 aromatic carbocycles. The Bertz CT molecular complexity index is 271. The molecule has 0 unspecified atom stereocenters. The van der Waals surface area contributed by atoms with E-state index in [1.165, 1.54) is 6.20 Å². The summed E-state index contributed by atoms with van der Waals surface area (Å²) in [5, 5.41) is 3.94. The molecule has 0 radical (unpaired) electrons. The fraction of sp³-hybridized carbons (Fsp3) is 0.667. The highest BCUT2D eigenvalue weighted by Crippen LogP contribution is 2.24. The summed E-state index contributed by atoms with van der Waals surface area (Å²) in [6.45, 7) is 8.63. The van der Waals surface area contributed by atoms with Crippen LogP contribution in [0.5, 0.6) is 0 Å². The molecule has 0 aliphatic rings. The van der Waals surface area contributed by atoms with Crippen molar-refractivity contribution in [3.63, 3.8) is 0 Å². The van der Waals surface area contributed by atoms with Gasteiger partial charge in [0.2, 0.25) is 0 Å². The second kappa shape index (κ2) is 2.88. The summed E-state index contributed by atoms with van der Waals surface area (Å²) in [5.41, 5.74) is 0.515. The lowest BCUT2D eigenvalue weighted by atomic mass is 9.92. The summed E-state index contributed by atoms with van der Waals surface area (Å²) >= 11 is 0. The average Bonchev–Trinajstić information content (AvgIpc) is 2.29. The number of rotatable bonds is 1. The standard InChI is InChI=1S/C9H15FN2/c1-5-12-8(9(2,3)4)7(10)6-11-12/h6H,5H2,1-4H3. The van der Waals surface area contributed by atoms with Gasteiger partial charge in [-0.25, -0.2) is 4.39 Å². The minimum atomic E-state index is -0.204. The number of nitrogens with zero attached hydrogens (tertiary/aromatic N) is 2. The fourth-order valence-electron chi connectivity index (χ4n) is 1.35. The second-order valence-corrected chi connectivity index (χ2v) is 3.91. The van der Waals surface area contributed by atoms with Crippen LogP contribution in [0.2, 0.25) is 0 Å². The first-order chi connectivity index (χ1) is 5.46. The second-order valence-electron chi connectivity index (χ2n) is 3.91. The van der Waals surface area contributed by atoms with Crippen molar-refractivity contribution < 1.29 is 4.39 Å². The predicted octanol–water partition coefficient (Wildman–Crippen LogP) is 2.34. The van der Waals surface area contributed by atoms with E-state index >= 15 is 0 Å². The molecule has 0 spiro atoms. The van der Waals surface area contributed by atoms with Crippen LogP contribution in [0.15, 0.2) is 6.20 Å². The van der Waals surface area contributed by atoms with Gasteiger partial charge in [0, 0.05) is 12.0 Å². The molecule has 2 nitrogen and oxygen atoms in total. The monoisotopic (exact) mass is 170 g/mol. The van der Waals surface area contributed by atoms with Gasteiger partial charge in [-0.15, -0.1) is 0 Å². The van der Waals surface area contributed by atoms with Crippen LogP contribution in [-0.4, -0.2) is 9.78 Å². The van der Waals surface area contributed by atoms with Crippen molar-refractivity contribution in [2.24, 2.45) is 0 Å². The zero-order valence-corrected chi connectivity index (χ0v) is 8.06. The number of hydrogen-bond acceptors (Lipinski definition) is 1. The van der Waals surface area contributed by atoms with Crippen LogP contribution in [0.3, 0.4) is 0 Å². The van der Waals surface area contributed by atoms with Crippen molar-refractivity contribution >= 4 is 0 Å². The zero-order chi connectivity index (χ0) is 9.35. The molecule has 3 heteroatoms. The molecule has 0 N–H and O–H groups in total. The quantitative estimate of drug-likeness (QED) is 0.632. The van der Waals surface area contributed by atoms with E-state index in [0.717, 1.165) is 6.54 Å². The molecule has 12 heavy (non-hydrogen) atoms. The Balaban J connectivity index is 3.19. The summed E-state index contributed by atoms with van der Waals surface area (Å²) in [7, 11) is 0. The van der Waals surface area contributed by atoms with E-state index in [4.69, 9.17) is 0 Å².